The third kappa shape index (κ3) is 1.34. The molecule has 0 spiro atoms. The molecule has 0 heterocycles. The van der Waals surface area contributed by atoms with Crippen LogP contribution in [0.2, 0.25) is 0 Å². The van der Waals surface area contributed by atoms with Crippen LogP contribution in [0.15, 0.2) is 0 Å². The van der Waals surface area contributed by atoms with Crippen molar-refractivity contribution in [2.45, 2.75) is 50.6 Å². The van der Waals surface area contributed by atoms with Crippen molar-refractivity contribution in [1.29, 1.82) is 5.26 Å². The molecule has 0 radical (unpaired) electrons. The van der Waals surface area contributed by atoms with Crippen LogP contribution in [-0.2, 0) is 0 Å². The van der Waals surface area contributed by atoms with E-state index in [1.807, 2.05) is 13.8 Å². The Bertz CT molecular complexity index is 229. The number of hydrogen-bond acceptors (Lipinski definition) is 2. The molecule has 66 valence electrons. The summed E-state index contributed by atoms with van der Waals surface area (Å²) >= 11 is 0. The normalized spacial score (nSPS) is 26.4. The van der Waals surface area contributed by atoms with E-state index in [2.05, 4.69) is 11.4 Å². The lowest BCUT2D eigenvalue weighted by atomic mass is 10.0. The molecule has 0 unspecified atom stereocenters. The zero-order valence-electron chi connectivity index (χ0n) is 7.85. The van der Waals surface area contributed by atoms with Crippen LogP contribution in [0.5, 0.6) is 0 Å². The average molecular weight is 164 g/mol. The summed E-state index contributed by atoms with van der Waals surface area (Å²) in [7, 11) is 0. The summed E-state index contributed by atoms with van der Waals surface area (Å²) in [5, 5.41) is 12.4. The molecule has 0 atom stereocenters. The Morgan fingerprint density at radius 1 is 1.42 bits per heavy atom. The van der Waals surface area contributed by atoms with Crippen LogP contribution >= 0.6 is 0 Å². The first-order chi connectivity index (χ1) is 5.58. The van der Waals surface area contributed by atoms with Gasteiger partial charge >= 0.3 is 0 Å². The van der Waals surface area contributed by atoms with Gasteiger partial charge in [0.15, 0.2) is 0 Å². The first-order valence-corrected chi connectivity index (χ1v) is 4.79. The molecule has 0 aliphatic heterocycles. The topological polar surface area (TPSA) is 35.8 Å². The van der Waals surface area contributed by atoms with Gasteiger partial charge in [-0.15, -0.1) is 0 Å². The SMILES string of the molecule is CC(C)(C#N)NC1(C2CC2)CC1. The summed E-state index contributed by atoms with van der Waals surface area (Å²) in [6, 6.07) is 2.31. The quantitative estimate of drug-likeness (QED) is 0.690. The van der Waals surface area contributed by atoms with Crippen molar-refractivity contribution in [3.63, 3.8) is 0 Å². The van der Waals surface area contributed by atoms with Gasteiger partial charge in [-0.05, 0) is 45.4 Å². The van der Waals surface area contributed by atoms with Crippen molar-refractivity contribution < 1.29 is 0 Å². The van der Waals surface area contributed by atoms with Crippen LogP contribution in [-0.4, -0.2) is 11.1 Å². The van der Waals surface area contributed by atoms with Gasteiger partial charge in [0.1, 0.15) is 5.54 Å². The third-order valence-corrected chi connectivity index (χ3v) is 2.99. The maximum absolute atomic E-state index is 8.87. The molecular formula is C10H16N2. The molecule has 2 fully saturated rings. The van der Waals surface area contributed by atoms with E-state index in [0.717, 1.165) is 5.92 Å². The highest BCUT2D eigenvalue weighted by Gasteiger charge is 2.55. The van der Waals surface area contributed by atoms with E-state index in [0.29, 0.717) is 5.54 Å². The smallest absolute Gasteiger partial charge is 0.101 e. The molecule has 2 aliphatic carbocycles. The molecule has 0 saturated heterocycles. The maximum atomic E-state index is 8.87. The molecule has 2 heteroatoms. The highest BCUT2D eigenvalue weighted by Crippen LogP contribution is 2.54. The summed E-state index contributed by atoms with van der Waals surface area (Å²) < 4.78 is 0. The molecule has 2 nitrogen and oxygen atoms in total. The maximum Gasteiger partial charge on any atom is 0.101 e. The second-order valence-corrected chi connectivity index (χ2v) is 4.79. The summed E-state index contributed by atoms with van der Waals surface area (Å²) in [6.07, 6.45) is 5.30. The van der Waals surface area contributed by atoms with Gasteiger partial charge in [-0.3, -0.25) is 5.32 Å². The standard InChI is InChI=1S/C10H16N2/c1-9(2,7-11)12-10(5-6-10)8-3-4-8/h8,12H,3-6H2,1-2H3. The van der Waals surface area contributed by atoms with E-state index in [1.54, 1.807) is 0 Å². The Kier molecular flexibility index (Phi) is 1.50. The van der Waals surface area contributed by atoms with Crippen LogP contribution in [0, 0.1) is 17.2 Å². The first kappa shape index (κ1) is 8.07. The lowest BCUT2D eigenvalue weighted by molar-refractivity contribution is 0.353. The Balaban J connectivity index is 1.98. The molecule has 12 heavy (non-hydrogen) atoms. The Hall–Kier alpha value is -0.550. The van der Waals surface area contributed by atoms with Crippen LogP contribution in [0.3, 0.4) is 0 Å². The average Bonchev–Trinajstić information content (AvgIpc) is 2.80. The number of nitriles is 1. The van der Waals surface area contributed by atoms with Crippen molar-refractivity contribution in [3.8, 4) is 6.07 Å². The predicted octanol–water partition coefficient (Wildman–Crippen LogP) is 1.82. The molecule has 0 aromatic rings. The molecule has 0 bridgehead atoms. The van der Waals surface area contributed by atoms with E-state index < -0.39 is 0 Å². The fraction of sp³-hybridized carbons (Fsp3) is 0.900. The molecule has 0 amide bonds. The van der Waals surface area contributed by atoms with Gasteiger partial charge < -0.3 is 0 Å². The number of rotatable bonds is 3. The van der Waals surface area contributed by atoms with E-state index in [4.69, 9.17) is 5.26 Å². The van der Waals surface area contributed by atoms with Gasteiger partial charge in [-0.1, -0.05) is 0 Å². The van der Waals surface area contributed by atoms with Gasteiger partial charge in [0.2, 0.25) is 0 Å². The molecule has 0 aromatic carbocycles. The molecular weight excluding hydrogens is 148 g/mol. The Morgan fingerprint density at radius 3 is 2.33 bits per heavy atom. The highest BCUT2D eigenvalue weighted by molar-refractivity contribution is 5.17. The number of nitrogens with zero attached hydrogens (tertiary/aromatic N) is 1. The summed E-state index contributed by atoms with van der Waals surface area (Å²) in [5.74, 6) is 0.880. The van der Waals surface area contributed by atoms with Crippen LogP contribution in [0.4, 0.5) is 0 Å². The Morgan fingerprint density at radius 2 is 2.00 bits per heavy atom. The summed E-state index contributed by atoms with van der Waals surface area (Å²) in [4.78, 5) is 0. The van der Waals surface area contributed by atoms with Crippen molar-refractivity contribution >= 4 is 0 Å². The van der Waals surface area contributed by atoms with Crippen molar-refractivity contribution in [1.82, 2.24) is 5.32 Å². The van der Waals surface area contributed by atoms with Gasteiger partial charge in [0, 0.05) is 5.54 Å². The molecule has 2 saturated carbocycles. The molecule has 0 aromatic heterocycles. The third-order valence-electron chi connectivity index (χ3n) is 2.99. The second-order valence-electron chi connectivity index (χ2n) is 4.79. The van der Waals surface area contributed by atoms with Crippen molar-refractivity contribution in [3.05, 3.63) is 0 Å². The van der Waals surface area contributed by atoms with Gasteiger partial charge in [-0.25, -0.2) is 0 Å². The highest BCUT2D eigenvalue weighted by atomic mass is 15.1. The zero-order valence-corrected chi connectivity index (χ0v) is 7.85. The fourth-order valence-electron chi connectivity index (χ4n) is 2.06. The van der Waals surface area contributed by atoms with Crippen molar-refractivity contribution in [2.75, 3.05) is 0 Å². The van der Waals surface area contributed by atoms with Gasteiger partial charge in [-0.2, -0.15) is 5.26 Å². The largest absolute Gasteiger partial charge is 0.294 e. The number of nitrogens with one attached hydrogen (secondary N) is 1. The van der Waals surface area contributed by atoms with Crippen LogP contribution in [0.1, 0.15) is 39.5 Å². The molecule has 1 N–H and O–H groups in total. The zero-order chi connectivity index (χ0) is 8.82. The number of hydrogen-bond donors (Lipinski definition) is 1. The van der Waals surface area contributed by atoms with Gasteiger partial charge in [0.25, 0.3) is 0 Å². The summed E-state index contributed by atoms with van der Waals surface area (Å²) in [6.45, 7) is 3.94. The lowest BCUT2D eigenvalue weighted by Crippen LogP contribution is -2.47. The minimum Gasteiger partial charge on any atom is -0.294 e. The van der Waals surface area contributed by atoms with Crippen LogP contribution in [0.25, 0.3) is 0 Å². The monoisotopic (exact) mass is 164 g/mol. The predicted molar refractivity (Wildman–Crippen MR) is 47.5 cm³/mol. The summed E-state index contributed by atoms with van der Waals surface area (Å²) in [5.41, 5.74) is 0.0400. The van der Waals surface area contributed by atoms with E-state index in [9.17, 15) is 0 Å². The Labute approximate surface area is 74.0 Å². The van der Waals surface area contributed by atoms with E-state index >= 15 is 0 Å². The second kappa shape index (κ2) is 2.23. The van der Waals surface area contributed by atoms with Crippen molar-refractivity contribution in [2.24, 2.45) is 5.92 Å². The lowest BCUT2D eigenvalue weighted by Gasteiger charge is -2.26. The first-order valence-electron chi connectivity index (χ1n) is 4.79. The minimum atomic E-state index is -0.334. The molecule has 2 aliphatic rings. The fourth-order valence-corrected chi connectivity index (χ4v) is 2.06. The minimum absolute atomic E-state index is 0.334. The van der Waals surface area contributed by atoms with Gasteiger partial charge in [0.05, 0.1) is 6.07 Å². The van der Waals surface area contributed by atoms with E-state index in [1.165, 1.54) is 25.7 Å². The van der Waals surface area contributed by atoms with E-state index in [-0.39, 0.29) is 5.54 Å². The molecule has 2 rings (SSSR count). The van der Waals surface area contributed by atoms with Crippen LogP contribution < -0.4 is 5.32 Å².